The molecule has 0 saturated carbocycles. The number of amides is 1. The van der Waals surface area contributed by atoms with Gasteiger partial charge in [-0.05, 0) is 30.2 Å². The molecule has 0 heterocycles. The van der Waals surface area contributed by atoms with E-state index in [1.165, 1.54) is 11.8 Å². The highest BCUT2D eigenvalue weighted by molar-refractivity contribution is 8.00. The summed E-state index contributed by atoms with van der Waals surface area (Å²) in [5.41, 5.74) is 0. The Bertz CT molecular complexity index is 459. The average molecular weight is 297 g/mol. The van der Waals surface area contributed by atoms with Gasteiger partial charge in [-0.3, -0.25) is 4.79 Å². The SMILES string of the molecule is COc1ccc(SCC(=O)N[C@@H](C(=O)O)C(C)C)cc1. The third kappa shape index (κ3) is 5.13. The Morgan fingerprint density at radius 1 is 1.30 bits per heavy atom. The van der Waals surface area contributed by atoms with Crippen molar-refractivity contribution in [3.05, 3.63) is 24.3 Å². The zero-order chi connectivity index (χ0) is 15.1. The molecule has 0 saturated heterocycles. The Hall–Kier alpha value is -1.69. The summed E-state index contributed by atoms with van der Waals surface area (Å²) >= 11 is 1.35. The summed E-state index contributed by atoms with van der Waals surface area (Å²) in [5.74, 6) is -0.510. The number of carboxylic acid groups (broad SMARTS) is 1. The van der Waals surface area contributed by atoms with Crippen molar-refractivity contribution < 1.29 is 19.4 Å². The zero-order valence-corrected chi connectivity index (χ0v) is 12.6. The standard InChI is InChI=1S/C14H19NO4S/c1-9(2)13(14(17)18)15-12(16)8-20-11-6-4-10(19-3)5-7-11/h4-7,9,13H,8H2,1-3H3,(H,15,16)(H,17,18)/t13-/m1/s1. The molecule has 5 nitrogen and oxygen atoms in total. The topological polar surface area (TPSA) is 75.6 Å². The van der Waals surface area contributed by atoms with Crippen LogP contribution in [0, 0.1) is 5.92 Å². The van der Waals surface area contributed by atoms with Crippen molar-refractivity contribution in [2.45, 2.75) is 24.8 Å². The van der Waals surface area contributed by atoms with Gasteiger partial charge in [0.2, 0.25) is 5.91 Å². The van der Waals surface area contributed by atoms with Gasteiger partial charge in [-0.15, -0.1) is 11.8 Å². The Morgan fingerprint density at radius 2 is 1.90 bits per heavy atom. The summed E-state index contributed by atoms with van der Waals surface area (Å²) in [6.45, 7) is 3.52. The zero-order valence-electron chi connectivity index (χ0n) is 11.8. The third-order valence-electron chi connectivity index (χ3n) is 2.68. The number of benzene rings is 1. The largest absolute Gasteiger partial charge is 0.497 e. The highest BCUT2D eigenvalue weighted by Gasteiger charge is 2.23. The summed E-state index contributed by atoms with van der Waals surface area (Å²) in [6.07, 6.45) is 0. The smallest absolute Gasteiger partial charge is 0.326 e. The maximum atomic E-state index is 11.7. The summed E-state index contributed by atoms with van der Waals surface area (Å²) in [6, 6.07) is 6.49. The molecule has 110 valence electrons. The fourth-order valence-electron chi connectivity index (χ4n) is 1.55. The summed E-state index contributed by atoms with van der Waals surface area (Å²) in [4.78, 5) is 23.7. The number of ether oxygens (including phenoxy) is 1. The molecule has 1 atom stereocenters. The van der Waals surface area contributed by atoms with Gasteiger partial charge in [-0.1, -0.05) is 13.8 Å². The molecule has 0 bridgehead atoms. The van der Waals surface area contributed by atoms with Crippen molar-refractivity contribution in [3.63, 3.8) is 0 Å². The Balaban J connectivity index is 2.47. The number of aliphatic carboxylic acids is 1. The molecule has 0 aliphatic heterocycles. The van der Waals surface area contributed by atoms with E-state index in [0.29, 0.717) is 0 Å². The first-order chi connectivity index (χ1) is 9.43. The maximum absolute atomic E-state index is 11.7. The molecule has 0 spiro atoms. The summed E-state index contributed by atoms with van der Waals surface area (Å²) < 4.78 is 5.05. The number of thioether (sulfide) groups is 1. The highest BCUT2D eigenvalue weighted by Crippen LogP contribution is 2.21. The first-order valence-electron chi connectivity index (χ1n) is 6.23. The number of rotatable bonds is 7. The van der Waals surface area contributed by atoms with E-state index in [0.717, 1.165) is 10.6 Å². The van der Waals surface area contributed by atoms with Crippen LogP contribution in [0.15, 0.2) is 29.2 Å². The number of carbonyl (C=O) groups is 2. The first-order valence-corrected chi connectivity index (χ1v) is 7.21. The Morgan fingerprint density at radius 3 is 2.35 bits per heavy atom. The third-order valence-corrected chi connectivity index (χ3v) is 3.69. The fourth-order valence-corrected chi connectivity index (χ4v) is 2.26. The Labute approximate surface area is 122 Å². The minimum absolute atomic E-state index is 0.151. The molecule has 0 aliphatic rings. The van der Waals surface area contributed by atoms with E-state index >= 15 is 0 Å². The highest BCUT2D eigenvalue weighted by atomic mass is 32.2. The Kier molecular flexibility index (Phi) is 6.38. The van der Waals surface area contributed by atoms with Crippen LogP contribution in [0.2, 0.25) is 0 Å². The molecule has 0 radical (unpaired) electrons. The van der Waals surface area contributed by atoms with Crippen LogP contribution in [0.3, 0.4) is 0 Å². The maximum Gasteiger partial charge on any atom is 0.326 e. The van der Waals surface area contributed by atoms with Crippen LogP contribution >= 0.6 is 11.8 Å². The molecule has 1 amide bonds. The van der Waals surface area contributed by atoms with Crippen LogP contribution in [0.5, 0.6) is 5.75 Å². The second kappa shape index (κ2) is 7.79. The van der Waals surface area contributed by atoms with Gasteiger partial charge in [-0.25, -0.2) is 4.79 Å². The lowest BCUT2D eigenvalue weighted by atomic mass is 10.1. The van der Waals surface area contributed by atoms with E-state index in [1.54, 1.807) is 21.0 Å². The lowest BCUT2D eigenvalue weighted by Crippen LogP contribution is -2.45. The summed E-state index contributed by atoms with van der Waals surface area (Å²) in [7, 11) is 1.59. The van der Waals surface area contributed by atoms with Gasteiger partial charge < -0.3 is 15.2 Å². The van der Waals surface area contributed by atoms with Crippen molar-refractivity contribution in [2.75, 3.05) is 12.9 Å². The predicted octanol–water partition coefficient (Wildman–Crippen LogP) is 2.01. The van der Waals surface area contributed by atoms with E-state index in [4.69, 9.17) is 9.84 Å². The predicted molar refractivity (Wildman–Crippen MR) is 78.1 cm³/mol. The molecular formula is C14H19NO4S. The van der Waals surface area contributed by atoms with E-state index in [1.807, 2.05) is 24.3 Å². The lowest BCUT2D eigenvalue weighted by molar-refractivity contribution is -0.142. The van der Waals surface area contributed by atoms with Crippen molar-refractivity contribution in [2.24, 2.45) is 5.92 Å². The number of hydrogen-bond donors (Lipinski definition) is 2. The van der Waals surface area contributed by atoms with E-state index < -0.39 is 12.0 Å². The van der Waals surface area contributed by atoms with Crippen molar-refractivity contribution in [3.8, 4) is 5.75 Å². The molecule has 2 N–H and O–H groups in total. The lowest BCUT2D eigenvalue weighted by Gasteiger charge is -2.17. The number of carboxylic acids is 1. The molecule has 6 heteroatoms. The number of carbonyl (C=O) groups excluding carboxylic acids is 1. The summed E-state index contributed by atoms with van der Waals surface area (Å²) in [5, 5.41) is 11.5. The minimum Gasteiger partial charge on any atom is -0.497 e. The van der Waals surface area contributed by atoms with Gasteiger partial charge in [0, 0.05) is 4.90 Å². The van der Waals surface area contributed by atoms with Crippen LogP contribution in [0.4, 0.5) is 0 Å². The van der Waals surface area contributed by atoms with E-state index in [9.17, 15) is 9.59 Å². The first kappa shape index (κ1) is 16.4. The second-order valence-corrected chi connectivity index (χ2v) is 5.64. The van der Waals surface area contributed by atoms with E-state index in [2.05, 4.69) is 5.32 Å². The number of hydrogen-bond acceptors (Lipinski definition) is 4. The molecule has 1 aromatic carbocycles. The van der Waals surface area contributed by atoms with Crippen LogP contribution in [-0.2, 0) is 9.59 Å². The van der Waals surface area contributed by atoms with Crippen molar-refractivity contribution in [1.82, 2.24) is 5.32 Å². The van der Waals surface area contributed by atoms with Crippen LogP contribution in [0.1, 0.15) is 13.8 Å². The van der Waals surface area contributed by atoms with Gasteiger partial charge in [0.1, 0.15) is 11.8 Å². The number of nitrogens with one attached hydrogen (secondary N) is 1. The molecule has 0 aliphatic carbocycles. The van der Waals surface area contributed by atoms with Gasteiger partial charge in [0.25, 0.3) is 0 Å². The van der Waals surface area contributed by atoms with Gasteiger partial charge in [0.05, 0.1) is 12.9 Å². The van der Waals surface area contributed by atoms with E-state index in [-0.39, 0.29) is 17.6 Å². The van der Waals surface area contributed by atoms with Crippen molar-refractivity contribution in [1.29, 1.82) is 0 Å². The van der Waals surface area contributed by atoms with Crippen LogP contribution < -0.4 is 10.1 Å². The quantitative estimate of drug-likeness (QED) is 0.753. The molecule has 20 heavy (non-hydrogen) atoms. The molecule has 0 unspecified atom stereocenters. The molecule has 1 rings (SSSR count). The monoisotopic (exact) mass is 297 g/mol. The van der Waals surface area contributed by atoms with Crippen LogP contribution in [0.25, 0.3) is 0 Å². The second-order valence-electron chi connectivity index (χ2n) is 4.59. The average Bonchev–Trinajstić information content (AvgIpc) is 2.42. The molecular weight excluding hydrogens is 278 g/mol. The molecule has 0 fully saturated rings. The fraction of sp³-hybridized carbons (Fsp3) is 0.429. The van der Waals surface area contributed by atoms with Gasteiger partial charge in [-0.2, -0.15) is 0 Å². The normalized spacial score (nSPS) is 12.0. The van der Waals surface area contributed by atoms with Gasteiger partial charge in [0.15, 0.2) is 0 Å². The molecule has 0 aromatic heterocycles. The minimum atomic E-state index is -1.01. The van der Waals surface area contributed by atoms with Gasteiger partial charge >= 0.3 is 5.97 Å². The van der Waals surface area contributed by atoms with Crippen LogP contribution in [-0.4, -0.2) is 35.9 Å². The molecule has 1 aromatic rings. The van der Waals surface area contributed by atoms with Crippen molar-refractivity contribution >= 4 is 23.6 Å². The number of methoxy groups -OCH3 is 1.